The molecule has 2 aliphatic rings. The number of imide groups is 1. The van der Waals surface area contributed by atoms with Crippen molar-refractivity contribution in [3.63, 3.8) is 0 Å². The molecule has 28 heavy (non-hydrogen) atoms. The minimum absolute atomic E-state index is 0.0105. The second-order valence-corrected chi connectivity index (χ2v) is 9.36. The normalized spacial score (nSPS) is 29.4. The van der Waals surface area contributed by atoms with Gasteiger partial charge in [-0.1, -0.05) is 0 Å². The molecule has 10 nitrogen and oxygen atoms in total. The molecule has 1 saturated carbocycles. The standard InChI is InChI=1S/C16H25N2O8PS/c1-23-9-10-8-11(16(24-2)15(10)26-27(22,28)25-3)17-12(19)6-7-18-13(20)4-5-14(18)21/h4-5,10-11,15-16H,6-9H2,1-3H3,(H,17,19)(H,22,28)/t10-,11-,15?,16-,27?/m1/s1. The highest BCUT2D eigenvalue weighted by Gasteiger charge is 2.47. The fourth-order valence-electron chi connectivity index (χ4n) is 3.39. The summed E-state index contributed by atoms with van der Waals surface area (Å²) in [5, 5.41) is 2.84. The molecule has 1 aliphatic carbocycles. The van der Waals surface area contributed by atoms with Crippen LogP contribution in [0, 0.1) is 5.92 Å². The number of ether oxygens (including phenoxy) is 2. The van der Waals surface area contributed by atoms with Gasteiger partial charge in [-0.2, -0.15) is 0 Å². The lowest BCUT2D eigenvalue weighted by Gasteiger charge is -2.28. The van der Waals surface area contributed by atoms with Crippen LogP contribution in [0.15, 0.2) is 12.2 Å². The molecule has 5 atom stereocenters. The first-order valence-electron chi connectivity index (χ1n) is 8.64. The van der Waals surface area contributed by atoms with Crippen molar-refractivity contribution in [2.45, 2.75) is 31.1 Å². The van der Waals surface area contributed by atoms with Crippen LogP contribution in [-0.4, -0.2) is 80.2 Å². The fourth-order valence-corrected chi connectivity index (χ4v) is 4.38. The number of nitrogens with one attached hydrogen (secondary N) is 1. The van der Waals surface area contributed by atoms with E-state index in [1.807, 2.05) is 0 Å². The Morgan fingerprint density at radius 3 is 2.46 bits per heavy atom. The van der Waals surface area contributed by atoms with Gasteiger partial charge in [-0.25, -0.2) is 0 Å². The number of carbonyl (C=O) groups is 3. The molecule has 0 saturated heterocycles. The zero-order valence-electron chi connectivity index (χ0n) is 15.9. The Morgan fingerprint density at radius 2 is 1.93 bits per heavy atom. The van der Waals surface area contributed by atoms with E-state index < -0.39 is 36.8 Å². The highest BCUT2D eigenvalue weighted by molar-refractivity contribution is 8.07. The van der Waals surface area contributed by atoms with Gasteiger partial charge in [0, 0.05) is 52.4 Å². The molecule has 158 valence electrons. The second kappa shape index (κ2) is 10.0. The van der Waals surface area contributed by atoms with E-state index in [0.717, 1.165) is 4.90 Å². The SMILES string of the molecule is COC[C@H]1C[C@@H](NC(=O)CCN2C(=O)C=CC2=O)[C@@H](OC)C1OP(O)(=S)OC. The number of methoxy groups -OCH3 is 2. The number of nitrogens with zero attached hydrogens (tertiary/aromatic N) is 1. The summed E-state index contributed by atoms with van der Waals surface area (Å²) in [5.74, 6) is -1.40. The molecule has 0 spiro atoms. The van der Waals surface area contributed by atoms with Crippen LogP contribution < -0.4 is 5.32 Å². The van der Waals surface area contributed by atoms with Gasteiger partial charge in [0.1, 0.15) is 12.2 Å². The Bertz CT molecular complexity index is 670. The van der Waals surface area contributed by atoms with E-state index in [1.165, 1.54) is 33.5 Å². The van der Waals surface area contributed by atoms with Crippen molar-refractivity contribution in [1.29, 1.82) is 0 Å². The summed E-state index contributed by atoms with van der Waals surface area (Å²) >= 11 is 4.93. The Balaban J connectivity index is 1.99. The summed E-state index contributed by atoms with van der Waals surface area (Å²) in [5.41, 5.74) is 0. The molecule has 1 fully saturated rings. The summed E-state index contributed by atoms with van der Waals surface area (Å²) in [7, 11) is 4.27. The zero-order valence-corrected chi connectivity index (χ0v) is 17.6. The molecule has 0 bridgehead atoms. The Morgan fingerprint density at radius 1 is 1.29 bits per heavy atom. The Kier molecular flexibility index (Phi) is 8.26. The van der Waals surface area contributed by atoms with Gasteiger partial charge in [-0.05, 0) is 18.2 Å². The van der Waals surface area contributed by atoms with Crippen molar-refractivity contribution in [3.8, 4) is 0 Å². The molecule has 0 aromatic carbocycles. The molecule has 1 heterocycles. The molecular formula is C16H25N2O8PS. The molecule has 0 radical (unpaired) electrons. The maximum Gasteiger partial charge on any atom is 0.324 e. The van der Waals surface area contributed by atoms with Gasteiger partial charge >= 0.3 is 6.72 Å². The van der Waals surface area contributed by atoms with E-state index in [-0.39, 0.29) is 24.8 Å². The lowest BCUT2D eigenvalue weighted by atomic mass is 10.1. The highest BCUT2D eigenvalue weighted by Crippen LogP contribution is 2.48. The monoisotopic (exact) mass is 436 g/mol. The molecule has 2 unspecified atom stereocenters. The maximum absolute atomic E-state index is 12.3. The van der Waals surface area contributed by atoms with Crippen molar-refractivity contribution in [3.05, 3.63) is 12.2 Å². The lowest BCUT2D eigenvalue weighted by Crippen LogP contribution is -2.45. The van der Waals surface area contributed by atoms with Crippen LogP contribution in [0.25, 0.3) is 0 Å². The Hall–Kier alpha value is -1.20. The molecule has 2 N–H and O–H groups in total. The topological polar surface area (TPSA) is 124 Å². The Labute approximate surface area is 168 Å². The predicted octanol–water partition coefficient (Wildman–Crippen LogP) is -0.284. The van der Waals surface area contributed by atoms with Gasteiger partial charge in [0.25, 0.3) is 11.8 Å². The van der Waals surface area contributed by atoms with Crippen LogP contribution in [0.2, 0.25) is 0 Å². The largest absolute Gasteiger partial charge is 0.384 e. The zero-order chi connectivity index (χ0) is 20.9. The van der Waals surface area contributed by atoms with Crippen molar-refractivity contribution in [1.82, 2.24) is 10.2 Å². The van der Waals surface area contributed by atoms with Crippen LogP contribution in [0.5, 0.6) is 0 Å². The summed E-state index contributed by atoms with van der Waals surface area (Å²) in [6.07, 6.45) is 1.57. The minimum Gasteiger partial charge on any atom is -0.384 e. The third-order valence-electron chi connectivity index (χ3n) is 4.69. The molecule has 0 aromatic heterocycles. The average molecular weight is 436 g/mol. The average Bonchev–Trinajstić information content (AvgIpc) is 3.12. The van der Waals surface area contributed by atoms with E-state index in [2.05, 4.69) is 5.32 Å². The number of hydrogen-bond acceptors (Lipinski definition) is 8. The van der Waals surface area contributed by atoms with Crippen LogP contribution in [-0.2, 0) is 44.7 Å². The number of carbonyl (C=O) groups excluding carboxylic acids is 3. The van der Waals surface area contributed by atoms with Gasteiger partial charge in [0.05, 0.1) is 12.6 Å². The van der Waals surface area contributed by atoms with Gasteiger partial charge in [-0.15, -0.1) is 0 Å². The predicted molar refractivity (Wildman–Crippen MR) is 102 cm³/mol. The van der Waals surface area contributed by atoms with Crippen molar-refractivity contribution in [2.75, 3.05) is 34.5 Å². The van der Waals surface area contributed by atoms with Crippen molar-refractivity contribution in [2.24, 2.45) is 5.92 Å². The van der Waals surface area contributed by atoms with Crippen molar-refractivity contribution < 1.29 is 37.8 Å². The number of amides is 3. The van der Waals surface area contributed by atoms with Gasteiger partial charge in [0.2, 0.25) is 5.91 Å². The summed E-state index contributed by atoms with van der Waals surface area (Å²) in [6, 6.07) is -0.419. The summed E-state index contributed by atoms with van der Waals surface area (Å²) in [6.45, 7) is -3.13. The fraction of sp³-hybridized carbons (Fsp3) is 0.688. The molecule has 1 aliphatic heterocycles. The van der Waals surface area contributed by atoms with Crippen molar-refractivity contribution >= 4 is 36.2 Å². The molecule has 0 aromatic rings. The first-order valence-corrected chi connectivity index (χ1v) is 11.2. The van der Waals surface area contributed by atoms with Gasteiger partial charge < -0.3 is 28.7 Å². The lowest BCUT2D eigenvalue weighted by molar-refractivity contribution is -0.137. The van der Waals surface area contributed by atoms with E-state index in [1.54, 1.807) is 0 Å². The van der Waals surface area contributed by atoms with E-state index in [9.17, 15) is 19.3 Å². The summed E-state index contributed by atoms with van der Waals surface area (Å²) < 4.78 is 21.2. The molecule has 2 rings (SSSR count). The quantitative estimate of drug-likeness (QED) is 0.351. The van der Waals surface area contributed by atoms with Gasteiger partial charge in [-0.3, -0.25) is 19.3 Å². The minimum atomic E-state index is -3.44. The first-order chi connectivity index (χ1) is 13.2. The highest BCUT2D eigenvalue weighted by atomic mass is 32.5. The maximum atomic E-state index is 12.3. The van der Waals surface area contributed by atoms with E-state index >= 15 is 0 Å². The molecule has 3 amide bonds. The van der Waals surface area contributed by atoms with Crippen LogP contribution in [0.3, 0.4) is 0 Å². The van der Waals surface area contributed by atoms with Crippen LogP contribution in [0.4, 0.5) is 0 Å². The smallest absolute Gasteiger partial charge is 0.324 e. The second-order valence-electron chi connectivity index (χ2n) is 6.46. The van der Waals surface area contributed by atoms with Crippen LogP contribution in [0.1, 0.15) is 12.8 Å². The first kappa shape index (κ1) is 23.1. The molecular weight excluding hydrogens is 411 g/mol. The third kappa shape index (κ3) is 5.66. The van der Waals surface area contributed by atoms with E-state index in [4.69, 9.17) is 30.3 Å². The summed E-state index contributed by atoms with van der Waals surface area (Å²) in [4.78, 5) is 46.5. The molecule has 12 heteroatoms. The number of hydrogen-bond donors (Lipinski definition) is 2. The number of rotatable bonds is 10. The van der Waals surface area contributed by atoms with Gasteiger partial charge in [0.15, 0.2) is 0 Å². The third-order valence-corrected chi connectivity index (χ3v) is 6.37. The van der Waals surface area contributed by atoms with E-state index in [0.29, 0.717) is 13.0 Å². The van der Waals surface area contributed by atoms with Crippen LogP contribution >= 0.6 is 6.72 Å².